The van der Waals surface area contributed by atoms with Gasteiger partial charge < -0.3 is 22.4 Å². The van der Waals surface area contributed by atoms with E-state index in [0.29, 0.717) is 0 Å². The second-order valence-electron chi connectivity index (χ2n) is 6.89. The molecule has 0 unspecified atom stereocenters. The molecule has 0 aliphatic heterocycles. The van der Waals surface area contributed by atoms with Gasteiger partial charge in [-0.05, 0) is 25.7 Å². The molecular weight excluding hydrogens is 376 g/mol. The van der Waals surface area contributed by atoms with Gasteiger partial charge in [0, 0.05) is 13.2 Å². The third-order valence-corrected chi connectivity index (χ3v) is 6.88. The highest BCUT2D eigenvalue weighted by atomic mass is 79.9. The molecule has 0 aromatic heterocycles. The highest BCUT2D eigenvalue weighted by Gasteiger charge is 2.09. The maximum atomic E-state index is 6.03. The summed E-state index contributed by atoms with van der Waals surface area (Å²) in [5.74, 6) is 0. The summed E-state index contributed by atoms with van der Waals surface area (Å²) in [6.45, 7) is 6.27. The van der Waals surface area contributed by atoms with Crippen LogP contribution in [0.25, 0.3) is 0 Å². The first-order valence-electron chi connectivity index (χ1n) is 10.6. The van der Waals surface area contributed by atoms with Gasteiger partial charge in [-0.1, -0.05) is 78.1 Å². The Bertz CT molecular complexity index is 214. The summed E-state index contributed by atoms with van der Waals surface area (Å²) >= 11 is 3.71. The second-order valence-corrected chi connectivity index (χ2v) is 10.4. The molecule has 0 saturated carbocycles. The van der Waals surface area contributed by atoms with E-state index >= 15 is 0 Å². The molecular formula is C20H41BrMgO2. The highest BCUT2D eigenvalue weighted by molar-refractivity contribution is 9.23. The Labute approximate surface area is 167 Å². The fourth-order valence-electron chi connectivity index (χ4n) is 2.81. The SMILES string of the molecule is CCCCCCCOC(CCCC[CH2][Mg][Br])OCCCCCCC. The maximum Gasteiger partial charge on any atom is 0.468 e. The van der Waals surface area contributed by atoms with Crippen molar-refractivity contribution < 1.29 is 9.47 Å². The van der Waals surface area contributed by atoms with Crippen molar-refractivity contribution in [2.24, 2.45) is 0 Å². The second kappa shape index (κ2) is 22.2. The molecule has 0 aromatic carbocycles. The van der Waals surface area contributed by atoms with Crippen molar-refractivity contribution in [1.29, 1.82) is 0 Å². The summed E-state index contributed by atoms with van der Waals surface area (Å²) in [7, 11) is 0. The van der Waals surface area contributed by atoms with Gasteiger partial charge in [-0.3, -0.25) is 0 Å². The van der Waals surface area contributed by atoms with Gasteiger partial charge >= 0.3 is 18.2 Å². The van der Waals surface area contributed by atoms with Crippen LogP contribution in [-0.2, 0) is 9.47 Å². The van der Waals surface area contributed by atoms with E-state index in [1.165, 1.54) is 88.0 Å². The average molecular weight is 418 g/mol. The largest absolute Gasteiger partial charge is 0.468 e. The lowest BCUT2D eigenvalue weighted by atomic mass is 10.1. The van der Waals surface area contributed by atoms with E-state index in [-0.39, 0.29) is 24.5 Å². The van der Waals surface area contributed by atoms with Gasteiger partial charge in [-0.25, -0.2) is 0 Å². The monoisotopic (exact) mass is 416 g/mol. The van der Waals surface area contributed by atoms with Gasteiger partial charge in [0.1, 0.15) is 0 Å². The molecule has 142 valence electrons. The standard InChI is InChI=1S/C20H41O2.BrH.Mg/c1-4-7-10-12-15-18-21-20(17-14-9-6-3)22-19-16-13-11-8-5-2;;/h20H,3-19H2,1-2H3;1H;/q;;+1/p-1. The zero-order valence-corrected chi connectivity index (χ0v) is 19.5. The number of hydrogen-bond acceptors (Lipinski definition) is 2. The van der Waals surface area contributed by atoms with Crippen molar-refractivity contribution in [2.45, 2.75) is 115 Å². The lowest BCUT2D eigenvalue weighted by Crippen LogP contribution is -2.19. The van der Waals surface area contributed by atoms with Crippen molar-refractivity contribution in [1.82, 2.24) is 0 Å². The lowest BCUT2D eigenvalue weighted by Gasteiger charge is -2.19. The molecule has 0 aromatic rings. The van der Waals surface area contributed by atoms with Crippen molar-refractivity contribution in [3.8, 4) is 0 Å². The number of hydrogen-bond donors (Lipinski definition) is 0. The van der Waals surface area contributed by atoms with Gasteiger partial charge in [0.05, 0.1) is 0 Å². The molecule has 0 bridgehead atoms. The summed E-state index contributed by atoms with van der Waals surface area (Å²) < 4.78 is 13.5. The Morgan fingerprint density at radius 3 is 1.67 bits per heavy atom. The predicted octanol–water partition coefficient (Wildman–Crippen LogP) is 7.28. The third kappa shape index (κ3) is 19.5. The van der Waals surface area contributed by atoms with Crippen LogP contribution in [0.4, 0.5) is 0 Å². The number of ether oxygens (including phenoxy) is 2. The van der Waals surface area contributed by atoms with Crippen LogP contribution in [0.5, 0.6) is 0 Å². The van der Waals surface area contributed by atoms with E-state index in [2.05, 4.69) is 26.7 Å². The van der Waals surface area contributed by atoms with Gasteiger partial charge in [0.15, 0.2) is 6.29 Å². The molecule has 0 radical (unpaired) electrons. The van der Waals surface area contributed by atoms with E-state index in [0.717, 1.165) is 19.6 Å². The number of unbranched alkanes of at least 4 members (excludes halogenated alkanes) is 10. The van der Waals surface area contributed by atoms with Gasteiger partial charge in [0.25, 0.3) is 0 Å². The Morgan fingerprint density at radius 1 is 0.667 bits per heavy atom. The predicted molar refractivity (Wildman–Crippen MR) is 111 cm³/mol. The molecule has 4 heteroatoms. The zero-order chi connectivity index (χ0) is 17.7. The molecule has 0 heterocycles. The normalized spacial score (nSPS) is 11.2. The van der Waals surface area contributed by atoms with E-state index < -0.39 is 0 Å². The van der Waals surface area contributed by atoms with Crippen LogP contribution >= 0.6 is 12.9 Å². The molecule has 0 spiro atoms. The first kappa shape index (κ1) is 25.2. The summed E-state index contributed by atoms with van der Waals surface area (Å²) in [6, 6.07) is 0. The minimum absolute atomic E-state index is 0.0450. The maximum absolute atomic E-state index is 6.03. The van der Waals surface area contributed by atoms with E-state index in [9.17, 15) is 0 Å². The Hall–Kier alpha value is 1.17. The van der Waals surface area contributed by atoms with Crippen LogP contribution < -0.4 is 0 Å². The highest BCUT2D eigenvalue weighted by Crippen LogP contribution is 2.13. The Balaban J connectivity index is 3.74. The molecule has 0 amide bonds. The van der Waals surface area contributed by atoms with Gasteiger partial charge in [0.2, 0.25) is 0 Å². The molecule has 0 N–H and O–H groups in total. The summed E-state index contributed by atoms with van der Waals surface area (Å²) in [5, 5.41) is 0. The Kier molecular flexibility index (Phi) is 23.3. The summed E-state index contributed by atoms with van der Waals surface area (Å²) in [5.41, 5.74) is 0. The summed E-state index contributed by atoms with van der Waals surface area (Å²) in [6.07, 6.45) is 18.1. The van der Waals surface area contributed by atoms with Crippen LogP contribution in [0.1, 0.15) is 104 Å². The van der Waals surface area contributed by atoms with Gasteiger partial charge in [-0.15, -0.1) is 4.55 Å². The first-order valence-corrected chi connectivity index (χ1v) is 15.5. The first-order chi connectivity index (χ1) is 11.8. The average Bonchev–Trinajstić information content (AvgIpc) is 2.60. The topological polar surface area (TPSA) is 18.5 Å². The minimum atomic E-state index is 0.0450. The van der Waals surface area contributed by atoms with Gasteiger partial charge in [-0.2, -0.15) is 0 Å². The van der Waals surface area contributed by atoms with Crippen LogP contribution in [0.15, 0.2) is 0 Å². The molecule has 0 atom stereocenters. The Morgan fingerprint density at radius 2 is 1.17 bits per heavy atom. The molecule has 0 saturated heterocycles. The van der Waals surface area contributed by atoms with Crippen molar-refractivity contribution in [2.75, 3.05) is 13.2 Å². The van der Waals surface area contributed by atoms with E-state index in [1.54, 1.807) is 0 Å². The fraction of sp³-hybridized carbons (Fsp3) is 1.00. The van der Waals surface area contributed by atoms with E-state index in [1.807, 2.05) is 0 Å². The fourth-order valence-corrected chi connectivity index (χ4v) is 4.55. The summed E-state index contributed by atoms with van der Waals surface area (Å²) in [4.78, 5) is 0. The zero-order valence-electron chi connectivity index (χ0n) is 16.5. The van der Waals surface area contributed by atoms with Crippen LogP contribution in [0, 0.1) is 0 Å². The van der Waals surface area contributed by atoms with Crippen molar-refractivity contribution in [3.05, 3.63) is 0 Å². The molecule has 2 nitrogen and oxygen atoms in total. The van der Waals surface area contributed by atoms with Crippen LogP contribution in [-0.4, -0.2) is 37.7 Å². The third-order valence-electron chi connectivity index (χ3n) is 4.43. The molecule has 0 aliphatic rings. The molecule has 0 fully saturated rings. The van der Waals surface area contributed by atoms with Crippen molar-refractivity contribution in [3.63, 3.8) is 0 Å². The van der Waals surface area contributed by atoms with E-state index in [4.69, 9.17) is 9.47 Å². The molecule has 24 heavy (non-hydrogen) atoms. The quantitative estimate of drug-likeness (QED) is 0.118. The van der Waals surface area contributed by atoms with Crippen molar-refractivity contribution >= 4 is 31.1 Å². The molecule has 0 rings (SSSR count). The van der Waals surface area contributed by atoms with Crippen LogP contribution in [0.2, 0.25) is 4.55 Å². The lowest BCUT2D eigenvalue weighted by molar-refractivity contribution is -0.148. The number of halogens is 1. The molecule has 0 aliphatic carbocycles. The smallest absolute Gasteiger partial charge is 0.353 e. The van der Waals surface area contributed by atoms with Crippen LogP contribution in [0.3, 0.4) is 0 Å². The minimum Gasteiger partial charge on any atom is -0.353 e. The number of rotatable bonds is 20.